The Morgan fingerprint density at radius 2 is 1.84 bits per heavy atom. The van der Waals surface area contributed by atoms with E-state index in [1.165, 1.54) is 5.56 Å². The fourth-order valence-corrected chi connectivity index (χ4v) is 5.09. The average molecular weight is 399 g/mol. The minimum absolute atomic E-state index is 0.00116. The van der Waals surface area contributed by atoms with Crippen molar-refractivity contribution in [3.8, 4) is 0 Å². The molecule has 0 bridgehead atoms. The molecule has 3 rings (SSSR count). The Hall–Kier alpha value is -0.920. The van der Waals surface area contributed by atoms with Crippen molar-refractivity contribution in [1.82, 2.24) is 9.62 Å². The topological polar surface area (TPSA) is 49.4 Å². The monoisotopic (exact) mass is 398 g/mol. The molecule has 0 spiro atoms. The molecule has 0 radical (unpaired) electrons. The van der Waals surface area contributed by atoms with E-state index in [1.54, 1.807) is 35.6 Å². The number of thiophene rings is 1. The summed E-state index contributed by atoms with van der Waals surface area (Å²) in [5.41, 5.74) is 2.12. The maximum atomic E-state index is 12.3. The predicted octanol–water partition coefficient (Wildman–Crippen LogP) is 3.73. The van der Waals surface area contributed by atoms with Gasteiger partial charge in [-0.1, -0.05) is 23.7 Å². The van der Waals surface area contributed by atoms with Crippen molar-refractivity contribution in [2.75, 3.05) is 19.6 Å². The molecule has 2 aromatic rings. The zero-order valence-corrected chi connectivity index (χ0v) is 16.4. The molecule has 1 saturated heterocycles. The van der Waals surface area contributed by atoms with E-state index < -0.39 is 10.0 Å². The lowest BCUT2D eigenvalue weighted by atomic mass is 9.97. The number of nitrogens with zero attached hydrogens (tertiary/aromatic N) is 1. The molecule has 0 amide bonds. The molecule has 0 atom stereocenters. The number of hydrogen-bond acceptors (Lipinski definition) is 4. The predicted molar refractivity (Wildman–Crippen MR) is 104 cm³/mol. The Morgan fingerprint density at radius 1 is 1.12 bits per heavy atom. The molecule has 0 unspecified atom stereocenters. The summed E-state index contributed by atoms with van der Waals surface area (Å²) >= 11 is 7.56. The summed E-state index contributed by atoms with van der Waals surface area (Å²) < 4.78 is 27.3. The van der Waals surface area contributed by atoms with Crippen LogP contribution in [0.2, 0.25) is 5.02 Å². The fourth-order valence-electron chi connectivity index (χ4n) is 3.09. The lowest BCUT2D eigenvalue weighted by Crippen LogP contribution is -2.38. The van der Waals surface area contributed by atoms with Crippen molar-refractivity contribution < 1.29 is 8.42 Å². The molecule has 0 aliphatic carbocycles. The van der Waals surface area contributed by atoms with E-state index in [-0.39, 0.29) is 5.75 Å². The van der Waals surface area contributed by atoms with E-state index in [0.717, 1.165) is 38.0 Å². The van der Waals surface area contributed by atoms with Crippen molar-refractivity contribution in [3.63, 3.8) is 0 Å². The van der Waals surface area contributed by atoms with Gasteiger partial charge in [0, 0.05) is 18.1 Å². The minimum atomic E-state index is -3.31. The Bertz CT molecular complexity index is 753. The first-order valence-corrected chi connectivity index (χ1v) is 11.4. The van der Waals surface area contributed by atoms with Crippen molar-refractivity contribution in [3.05, 3.63) is 57.2 Å². The molecule has 1 aromatic heterocycles. The van der Waals surface area contributed by atoms with E-state index in [4.69, 9.17) is 11.6 Å². The van der Waals surface area contributed by atoms with E-state index in [1.807, 2.05) is 0 Å². The first-order valence-electron chi connectivity index (χ1n) is 8.45. The van der Waals surface area contributed by atoms with Crippen LogP contribution in [0.1, 0.15) is 24.0 Å². The maximum absolute atomic E-state index is 12.3. The Balaban J connectivity index is 1.42. The highest BCUT2D eigenvalue weighted by Gasteiger charge is 2.21. The molecule has 1 N–H and O–H groups in total. The number of piperidine rings is 1. The normalized spacial score (nSPS) is 17.0. The lowest BCUT2D eigenvalue weighted by molar-refractivity contribution is 0.179. The summed E-state index contributed by atoms with van der Waals surface area (Å²) in [5.74, 6) is 0.417. The van der Waals surface area contributed by atoms with Gasteiger partial charge in [-0.3, -0.25) is 4.90 Å². The van der Waals surface area contributed by atoms with Crippen molar-refractivity contribution in [1.29, 1.82) is 0 Å². The zero-order chi connectivity index (χ0) is 17.7. The highest BCUT2D eigenvalue weighted by molar-refractivity contribution is 7.88. The molecule has 2 heterocycles. The van der Waals surface area contributed by atoms with Crippen LogP contribution in [0, 0.1) is 5.92 Å². The summed E-state index contributed by atoms with van der Waals surface area (Å²) in [6, 6.07) is 9.11. The number of nitrogens with one attached hydrogen (secondary N) is 1. The summed E-state index contributed by atoms with van der Waals surface area (Å²) in [6.45, 7) is 3.58. The van der Waals surface area contributed by atoms with Gasteiger partial charge in [-0.05, 0) is 71.9 Å². The van der Waals surface area contributed by atoms with Gasteiger partial charge in [-0.2, -0.15) is 11.3 Å². The largest absolute Gasteiger partial charge is 0.299 e. The molecule has 1 fully saturated rings. The minimum Gasteiger partial charge on any atom is -0.299 e. The second kappa shape index (κ2) is 8.64. The van der Waals surface area contributed by atoms with Gasteiger partial charge in [0.2, 0.25) is 10.0 Å². The van der Waals surface area contributed by atoms with Crippen LogP contribution in [0.15, 0.2) is 41.1 Å². The second-order valence-electron chi connectivity index (χ2n) is 6.59. The molecule has 4 nitrogen and oxygen atoms in total. The first kappa shape index (κ1) is 18.9. The number of likely N-dealkylation sites (tertiary alicyclic amines) is 1. The molecule has 1 aliphatic rings. The van der Waals surface area contributed by atoms with E-state index in [2.05, 4.69) is 26.4 Å². The molecular weight excluding hydrogens is 376 g/mol. The molecule has 7 heteroatoms. The number of sulfonamides is 1. The standard InChI is InChI=1S/C18H23ClN2O2S2/c19-18-3-1-16(2-4-18)14-25(22,23)20-11-15-5-8-21(9-6-15)12-17-7-10-24-13-17/h1-4,7,10,13,15,20H,5-6,8-9,11-12,14H2. The third kappa shape index (κ3) is 6.08. The van der Waals surface area contributed by atoms with Gasteiger partial charge in [-0.15, -0.1) is 0 Å². The number of rotatable bonds is 7. The van der Waals surface area contributed by atoms with Crippen LogP contribution in [0.3, 0.4) is 0 Å². The van der Waals surface area contributed by atoms with Gasteiger partial charge in [-0.25, -0.2) is 13.1 Å². The average Bonchev–Trinajstić information content (AvgIpc) is 3.09. The number of benzene rings is 1. The summed E-state index contributed by atoms with van der Waals surface area (Å²) in [5, 5.41) is 4.91. The lowest BCUT2D eigenvalue weighted by Gasteiger charge is -2.31. The van der Waals surface area contributed by atoms with Gasteiger partial charge in [0.15, 0.2) is 0 Å². The summed E-state index contributed by atoms with van der Waals surface area (Å²) in [4.78, 5) is 2.45. The van der Waals surface area contributed by atoms with E-state index >= 15 is 0 Å². The van der Waals surface area contributed by atoms with Crippen LogP contribution in [0.5, 0.6) is 0 Å². The summed E-state index contributed by atoms with van der Waals surface area (Å²) in [7, 11) is -3.31. The van der Waals surface area contributed by atoms with Crippen LogP contribution in [-0.4, -0.2) is 33.0 Å². The van der Waals surface area contributed by atoms with Crippen molar-refractivity contribution in [2.24, 2.45) is 5.92 Å². The van der Waals surface area contributed by atoms with Crippen LogP contribution >= 0.6 is 22.9 Å². The second-order valence-corrected chi connectivity index (χ2v) is 9.61. The molecule has 25 heavy (non-hydrogen) atoms. The zero-order valence-electron chi connectivity index (χ0n) is 14.0. The van der Waals surface area contributed by atoms with Gasteiger partial charge in [0.25, 0.3) is 0 Å². The van der Waals surface area contributed by atoms with Crippen molar-refractivity contribution >= 4 is 33.0 Å². The highest BCUT2D eigenvalue weighted by Crippen LogP contribution is 2.20. The van der Waals surface area contributed by atoms with Gasteiger partial charge in [0.1, 0.15) is 0 Å². The van der Waals surface area contributed by atoms with Crippen LogP contribution in [-0.2, 0) is 22.3 Å². The molecule has 1 aromatic carbocycles. The van der Waals surface area contributed by atoms with Gasteiger partial charge >= 0.3 is 0 Å². The molecule has 1 aliphatic heterocycles. The molecule has 136 valence electrons. The van der Waals surface area contributed by atoms with E-state index in [0.29, 0.717) is 17.5 Å². The van der Waals surface area contributed by atoms with Crippen LogP contribution in [0.4, 0.5) is 0 Å². The fraction of sp³-hybridized carbons (Fsp3) is 0.444. The SMILES string of the molecule is O=S(=O)(Cc1ccc(Cl)cc1)NCC1CCN(Cc2ccsc2)CC1. The molecule has 0 saturated carbocycles. The van der Waals surface area contributed by atoms with E-state index in [9.17, 15) is 8.42 Å². The van der Waals surface area contributed by atoms with Crippen LogP contribution < -0.4 is 4.72 Å². The Labute approximate surface area is 158 Å². The maximum Gasteiger partial charge on any atom is 0.215 e. The Kier molecular flexibility index (Phi) is 6.52. The number of hydrogen-bond donors (Lipinski definition) is 1. The van der Waals surface area contributed by atoms with Gasteiger partial charge < -0.3 is 0 Å². The smallest absolute Gasteiger partial charge is 0.215 e. The Morgan fingerprint density at radius 3 is 2.48 bits per heavy atom. The third-order valence-electron chi connectivity index (χ3n) is 4.56. The third-order valence-corrected chi connectivity index (χ3v) is 6.86. The van der Waals surface area contributed by atoms with Crippen molar-refractivity contribution in [2.45, 2.75) is 25.1 Å². The highest BCUT2D eigenvalue weighted by atomic mass is 35.5. The van der Waals surface area contributed by atoms with Gasteiger partial charge in [0.05, 0.1) is 5.75 Å². The number of halogens is 1. The first-order chi connectivity index (χ1) is 12.0. The summed E-state index contributed by atoms with van der Waals surface area (Å²) in [6.07, 6.45) is 2.07. The van der Waals surface area contributed by atoms with Crippen LogP contribution in [0.25, 0.3) is 0 Å². The molecular formula is C18H23ClN2O2S2. The quantitative estimate of drug-likeness (QED) is 0.773.